The predicted octanol–water partition coefficient (Wildman–Crippen LogP) is 2.42. The SMILES string of the molecule is COc1ccc(Br)cc1/C=N/n1c(C)nnc1N=[N+]=N. The van der Waals surface area contributed by atoms with E-state index >= 15 is 0 Å². The first-order chi connectivity index (χ1) is 9.65. The van der Waals surface area contributed by atoms with E-state index in [1.165, 1.54) is 4.68 Å². The highest BCUT2D eigenvalue weighted by Gasteiger charge is 2.11. The second kappa shape index (κ2) is 6.18. The second-order valence-electron chi connectivity index (χ2n) is 3.69. The highest BCUT2D eigenvalue weighted by atomic mass is 79.9. The maximum absolute atomic E-state index is 6.73. The van der Waals surface area contributed by atoms with E-state index in [1.54, 1.807) is 20.2 Å². The van der Waals surface area contributed by atoms with E-state index in [2.05, 4.69) is 41.3 Å². The van der Waals surface area contributed by atoms with Crippen molar-refractivity contribution in [1.82, 2.24) is 19.8 Å². The van der Waals surface area contributed by atoms with Crippen LogP contribution in [0, 0.1) is 12.5 Å². The Balaban J connectivity index is 2.41. The molecular formula is C11H11BrN7O+. The molecule has 0 saturated carbocycles. The van der Waals surface area contributed by atoms with Crippen LogP contribution in [0.3, 0.4) is 0 Å². The fraction of sp³-hybridized carbons (Fsp3) is 0.182. The predicted molar refractivity (Wildman–Crippen MR) is 75.4 cm³/mol. The molecule has 0 saturated heterocycles. The lowest BCUT2D eigenvalue weighted by Crippen LogP contribution is -1.96. The third-order valence-corrected chi connectivity index (χ3v) is 2.92. The first-order valence-corrected chi connectivity index (χ1v) is 6.32. The summed E-state index contributed by atoms with van der Waals surface area (Å²) in [5, 5.41) is 15.3. The summed E-state index contributed by atoms with van der Waals surface area (Å²) in [6.45, 7) is 1.73. The average Bonchev–Trinajstić information content (AvgIpc) is 2.78. The van der Waals surface area contributed by atoms with Gasteiger partial charge < -0.3 is 4.74 Å². The molecule has 102 valence electrons. The van der Waals surface area contributed by atoms with Crippen LogP contribution >= 0.6 is 15.9 Å². The van der Waals surface area contributed by atoms with Gasteiger partial charge in [0.25, 0.3) is 0 Å². The van der Waals surface area contributed by atoms with Gasteiger partial charge in [0, 0.05) is 10.0 Å². The molecule has 1 aromatic carbocycles. The molecular weight excluding hydrogens is 326 g/mol. The summed E-state index contributed by atoms with van der Waals surface area (Å²) in [7, 11) is 1.59. The fourth-order valence-corrected chi connectivity index (χ4v) is 1.89. The summed E-state index contributed by atoms with van der Waals surface area (Å²) in [5.41, 5.74) is 7.51. The van der Waals surface area contributed by atoms with Crippen molar-refractivity contribution in [3.8, 4) is 5.75 Å². The summed E-state index contributed by atoms with van der Waals surface area (Å²) in [6, 6.07) is 5.57. The molecule has 1 aromatic heterocycles. The monoisotopic (exact) mass is 336 g/mol. The van der Waals surface area contributed by atoms with Crippen molar-refractivity contribution in [2.24, 2.45) is 10.2 Å². The van der Waals surface area contributed by atoms with Gasteiger partial charge in [-0.15, -0.1) is 10.2 Å². The number of hydrogen-bond acceptors (Lipinski definition) is 6. The lowest BCUT2D eigenvalue weighted by molar-refractivity contribution is 0.414. The average molecular weight is 337 g/mol. The van der Waals surface area contributed by atoms with Crippen LogP contribution in [0.1, 0.15) is 11.4 Å². The number of aromatic nitrogens is 3. The summed E-state index contributed by atoms with van der Waals surface area (Å²) >= 11 is 3.39. The van der Waals surface area contributed by atoms with Gasteiger partial charge in [-0.2, -0.15) is 9.78 Å². The van der Waals surface area contributed by atoms with Gasteiger partial charge in [-0.3, -0.25) is 0 Å². The van der Waals surface area contributed by atoms with Crippen LogP contribution in [-0.2, 0) is 0 Å². The number of rotatable bonds is 4. The fourth-order valence-electron chi connectivity index (χ4n) is 1.51. The number of methoxy groups -OCH3 is 1. The topological polar surface area (TPSA) is 103 Å². The van der Waals surface area contributed by atoms with Gasteiger partial charge in [0.2, 0.25) is 10.0 Å². The molecule has 0 amide bonds. The molecule has 0 bridgehead atoms. The Hall–Kier alpha value is -2.38. The Bertz CT molecular complexity index is 703. The summed E-state index contributed by atoms with van der Waals surface area (Å²) in [5.74, 6) is 1.37. The van der Waals surface area contributed by atoms with Gasteiger partial charge in [-0.05, 0) is 25.1 Å². The van der Waals surface area contributed by atoms with Crippen LogP contribution in [0.5, 0.6) is 5.75 Å². The van der Waals surface area contributed by atoms with Crippen LogP contribution in [0.4, 0.5) is 5.95 Å². The van der Waals surface area contributed by atoms with Gasteiger partial charge >= 0.3 is 5.95 Å². The zero-order valence-corrected chi connectivity index (χ0v) is 12.4. The molecule has 1 N–H and O–H groups in total. The van der Waals surface area contributed by atoms with E-state index in [4.69, 9.17) is 10.3 Å². The molecule has 0 radical (unpaired) electrons. The number of nitrogens with one attached hydrogen (secondary N) is 1. The minimum atomic E-state index is 0.141. The summed E-state index contributed by atoms with van der Waals surface area (Å²) < 4.78 is 7.55. The van der Waals surface area contributed by atoms with E-state index in [0.29, 0.717) is 11.6 Å². The number of ether oxygens (including phenoxy) is 1. The summed E-state index contributed by atoms with van der Waals surface area (Å²) in [4.78, 5) is 2.93. The van der Waals surface area contributed by atoms with Gasteiger partial charge in [0.05, 0.1) is 13.3 Å². The number of halogens is 1. The van der Waals surface area contributed by atoms with Crippen LogP contribution in [0.25, 0.3) is 0 Å². The molecule has 0 aliphatic heterocycles. The molecule has 0 spiro atoms. The molecule has 2 aromatic rings. The lowest BCUT2D eigenvalue weighted by atomic mass is 10.2. The van der Waals surface area contributed by atoms with Crippen LogP contribution < -0.4 is 9.65 Å². The Kier molecular flexibility index (Phi) is 4.34. The molecule has 8 nitrogen and oxygen atoms in total. The van der Waals surface area contributed by atoms with E-state index in [1.807, 2.05) is 18.2 Å². The number of benzene rings is 1. The van der Waals surface area contributed by atoms with Crippen molar-refractivity contribution in [2.45, 2.75) is 6.92 Å². The van der Waals surface area contributed by atoms with E-state index in [0.717, 1.165) is 10.0 Å². The largest absolute Gasteiger partial charge is 0.496 e. The van der Waals surface area contributed by atoms with Crippen LogP contribution in [0.2, 0.25) is 0 Å². The first kappa shape index (κ1) is 14.0. The molecule has 0 aliphatic carbocycles. The van der Waals surface area contributed by atoms with E-state index in [-0.39, 0.29) is 5.95 Å². The molecule has 2 rings (SSSR count). The molecule has 0 aliphatic rings. The van der Waals surface area contributed by atoms with Crippen LogP contribution in [-0.4, -0.2) is 28.2 Å². The molecule has 20 heavy (non-hydrogen) atoms. The maximum Gasteiger partial charge on any atom is 0.358 e. The Morgan fingerprint density at radius 2 is 2.25 bits per heavy atom. The van der Waals surface area contributed by atoms with Crippen molar-refractivity contribution in [1.29, 1.82) is 5.53 Å². The van der Waals surface area contributed by atoms with E-state index < -0.39 is 0 Å². The molecule has 0 atom stereocenters. The maximum atomic E-state index is 6.73. The third kappa shape index (κ3) is 2.95. The first-order valence-electron chi connectivity index (χ1n) is 5.53. The minimum absolute atomic E-state index is 0.141. The van der Waals surface area contributed by atoms with Gasteiger partial charge in [0.15, 0.2) is 5.82 Å². The molecule has 9 heteroatoms. The number of aryl methyl sites for hydroxylation is 1. The van der Waals surface area contributed by atoms with Crippen LogP contribution in [0.15, 0.2) is 32.9 Å². The highest BCUT2D eigenvalue weighted by Crippen LogP contribution is 2.21. The zero-order valence-electron chi connectivity index (χ0n) is 10.8. The van der Waals surface area contributed by atoms with Crippen molar-refractivity contribution in [2.75, 3.05) is 7.11 Å². The van der Waals surface area contributed by atoms with Crippen molar-refractivity contribution < 1.29 is 4.74 Å². The quantitative estimate of drug-likeness (QED) is 0.526. The van der Waals surface area contributed by atoms with Gasteiger partial charge in [-0.25, -0.2) is 0 Å². The van der Waals surface area contributed by atoms with Gasteiger partial charge in [-0.1, -0.05) is 15.9 Å². The molecule has 0 fully saturated rings. The number of hydrogen-bond donors (Lipinski definition) is 1. The van der Waals surface area contributed by atoms with Gasteiger partial charge in [0.1, 0.15) is 11.3 Å². The second-order valence-corrected chi connectivity index (χ2v) is 4.61. The van der Waals surface area contributed by atoms with E-state index in [9.17, 15) is 0 Å². The molecule has 0 unspecified atom stereocenters. The van der Waals surface area contributed by atoms with Crippen molar-refractivity contribution >= 4 is 28.1 Å². The summed E-state index contributed by atoms with van der Waals surface area (Å²) in [6.07, 6.45) is 1.60. The smallest absolute Gasteiger partial charge is 0.358 e. The highest BCUT2D eigenvalue weighted by molar-refractivity contribution is 9.10. The number of nitrogens with zero attached hydrogens (tertiary/aromatic N) is 6. The Morgan fingerprint density at radius 1 is 1.45 bits per heavy atom. The normalized spacial score (nSPS) is 10.6. The van der Waals surface area contributed by atoms with Crippen molar-refractivity contribution in [3.05, 3.63) is 34.1 Å². The standard InChI is InChI=1S/C11H11BrN7O/c1-7-15-16-11(17-18-13)19(7)14-6-8-5-9(12)3-4-10(8)20-2/h3-6,13H,1-2H3/q+1/b14-6+. The van der Waals surface area contributed by atoms with Crippen molar-refractivity contribution in [3.63, 3.8) is 0 Å². The Labute approximate surface area is 122 Å². The third-order valence-electron chi connectivity index (χ3n) is 2.42. The Morgan fingerprint density at radius 3 is 2.95 bits per heavy atom. The zero-order chi connectivity index (χ0) is 14.5. The minimum Gasteiger partial charge on any atom is -0.496 e. The lowest BCUT2D eigenvalue weighted by Gasteiger charge is -2.04. The molecule has 1 heterocycles.